The number of benzene rings is 4. The van der Waals surface area contributed by atoms with E-state index in [4.69, 9.17) is 9.47 Å². The van der Waals surface area contributed by atoms with Crippen molar-refractivity contribution in [1.82, 2.24) is 0 Å². The molecule has 0 N–H and O–H groups in total. The van der Waals surface area contributed by atoms with Gasteiger partial charge in [0.15, 0.2) is 0 Å². The predicted molar refractivity (Wildman–Crippen MR) is 126 cm³/mol. The SMILES string of the molecule is O=C(/C=C/c1ccc(F)cc1)Oc1cccc2cccc(OC(=O)/C=C/c3ccc(F)cc3)c12. The van der Waals surface area contributed by atoms with Gasteiger partial charge in [0.2, 0.25) is 0 Å². The topological polar surface area (TPSA) is 52.6 Å². The van der Waals surface area contributed by atoms with E-state index in [9.17, 15) is 18.4 Å². The minimum Gasteiger partial charge on any atom is -0.423 e. The van der Waals surface area contributed by atoms with E-state index in [1.165, 1.54) is 72.8 Å². The fourth-order valence-corrected chi connectivity index (χ4v) is 3.20. The maximum atomic E-state index is 13.0. The second-order valence-electron chi connectivity index (χ2n) is 7.22. The minimum atomic E-state index is -0.644. The van der Waals surface area contributed by atoms with Crippen molar-refractivity contribution in [2.45, 2.75) is 0 Å². The van der Waals surface area contributed by atoms with Gasteiger partial charge in [-0.25, -0.2) is 18.4 Å². The van der Waals surface area contributed by atoms with E-state index in [1.54, 1.807) is 36.4 Å². The lowest BCUT2D eigenvalue weighted by molar-refractivity contribution is -0.129. The van der Waals surface area contributed by atoms with Gasteiger partial charge in [0.25, 0.3) is 0 Å². The van der Waals surface area contributed by atoms with Crippen LogP contribution in [0.3, 0.4) is 0 Å². The summed E-state index contributed by atoms with van der Waals surface area (Å²) in [5.74, 6) is -1.59. The second kappa shape index (κ2) is 10.4. The maximum absolute atomic E-state index is 13.0. The lowest BCUT2D eigenvalue weighted by atomic mass is 10.1. The summed E-state index contributed by atoms with van der Waals surface area (Å²) in [4.78, 5) is 24.8. The highest BCUT2D eigenvalue weighted by molar-refractivity contribution is 5.99. The largest absolute Gasteiger partial charge is 0.423 e. The van der Waals surface area contributed by atoms with Gasteiger partial charge in [-0.15, -0.1) is 0 Å². The van der Waals surface area contributed by atoms with E-state index in [1.807, 2.05) is 0 Å². The third kappa shape index (κ3) is 5.81. The van der Waals surface area contributed by atoms with Gasteiger partial charge >= 0.3 is 11.9 Å². The van der Waals surface area contributed by atoms with Gasteiger partial charge in [-0.1, -0.05) is 48.5 Å². The average Bonchev–Trinajstić information content (AvgIpc) is 2.83. The molecular weight excluding hydrogens is 438 g/mol. The van der Waals surface area contributed by atoms with Crippen LogP contribution in [0.15, 0.2) is 97.1 Å². The van der Waals surface area contributed by atoms with Crippen LogP contribution in [-0.4, -0.2) is 11.9 Å². The Morgan fingerprint density at radius 1 is 0.588 bits per heavy atom. The van der Waals surface area contributed by atoms with Crippen LogP contribution in [0.4, 0.5) is 8.78 Å². The number of carbonyl (C=O) groups is 2. The molecule has 0 heterocycles. The molecule has 168 valence electrons. The molecule has 4 aromatic carbocycles. The Balaban J connectivity index is 1.53. The van der Waals surface area contributed by atoms with Crippen LogP contribution < -0.4 is 9.47 Å². The summed E-state index contributed by atoms with van der Waals surface area (Å²) in [6.07, 6.45) is 5.47. The summed E-state index contributed by atoms with van der Waals surface area (Å²) >= 11 is 0. The molecule has 0 aliphatic carbocycles. The zero-order chi connectivity index (χ0) is 23.9. The van der Waals surface area contributed by atoms with Gasteiger partial charge in [0.05, 0.1) is 5.39 Å². The zero-order valence-electron chi connectivity index (χ0n) is 17.8. The lowest BCUT2D eigenvalue weighted by Gasteiger charge is -2.10. The first-order chi connectivity index (χ1) is 16.5. The first-order valence-electron chi connectivity index (χ1n) is 10.3. The first-order valence-corrected chi connectivity index (χ1v) is 10.3. The Morgan fingerprint density at radius 3 is 1.41 bits per heavy atom. The van der Waals surface area contributed by atoms with Crippen molar-refractivity contribution < 1.29 is 27.8 Å². The van der Waals surface area contributed by atoms with Crippen LogP contribution in [0.5, 0.6) is 11.5 Å². The number of esters is 2. The Kier molecular flexibility index (Phi) is 6.89. The Bertz CT molecular complexity index is 1280. The van der Waals surface area contributed by atoms with Crippen molar-refractivity contribution in [2.24, 2.45) is 0 Å². The molecule has 0 fully saturated rings. The molecular formula is C28H18F2O4. The van der Waals surface area contributed by atoms with Gasteiger partial charge in [-0.3, -0.25) is 0 Å². The Labute approximate surface area is 194 Å². The number of hydrogen-bond acceptors (Lipinski definition) is 4. The first kappa shape index (κ1) is 22.6. The van der Waals surface area contributed by atoms with Crippen molar-refractivity contribution in [3.8, 4) is 11.5 Å². The van der Waals surface area contributed by atoms with Gasteiger partial charge < -0.3 is 9.47 Å². The summed E-state index contributed by atoms with van der Waals surface area (Å²) in [6.45, 7) is 0. The van der Waals surface area contributed by atoms with E-state index in [0.717, 1.165) is 0 Å². The second-order valence-corrected chi connectivity index (χ2v) is 7.22. The molecule has 0 aromatic heterocycles. The van der Waals surface area contributed by atoms with Crippen molar-refractivity contribution in [3.05, 3.63) is 120 Å². The highest BCUT2D eigenvalue weighted by Gasteiger charge is 2.13. The number of halogens is 2. The van der Waals surface area contributed by atoms with Crippen molar-refractivity contribution in [3.63, 3.8) is 0 Å². The molecule has 0 spiro atoms. The third-order valence-corrected chi connectivity index (χ3v) is 4.81. The molecule has 4 aromatic rings. The maximum Gasteiger partial charge on any atom is 0.336 e. The molecule has 0 saturated heterocycles. The number of fused-ring (bicyclic) bond motifs is 1. The molecule has 0 saturated carbocycles. The van der Waals surface area contributed by atoms with E-state index >= 15 is 0 Å². The van der Waals surface area contributed by atoms with Crippen LogP contribution in [0, 0.1) is 11.6 Å². The molecule has 0 radical (unpaired) electrons. The van der Waals surface area contributed by atoms with E-state index in [0.29, 0.717) is 21.9 Å². The zero-order valence-corrected chi connectivity index (χ0v) is 17.8. The van der Waals surface area contributed by atoms with Crippen LogP contribution >= 0.6 is 0 Å². The average molecular weight is 456 g/mol. The van der Waals surface area contributed by atoms with E-state index < -0.39 is 11.9 Å². The Hall–Kier alpha value is -4.58. The summed E-state index contributed by atoms with van der Waals surface area (Å²) in [5, 5.41) is 1.16. The monoisotopic (exact) mass is 456 g/mol. The van der Waals surface area contributed by atoms with Crippen molar-refractivity contribution in [2.75, 3.05) is 0 Å². The van der Waals surface area contributed by atoms with Gasteiger partial charge in [0, 0.05) is 12.2 Å². The molecule has 0 atom stereocenters. The van der Waals surface area contributed by atoms with Gasteiger partial charge in [0.1, 0.15) is 23.1 Å². The van der Waals surface area contributed by atoms with Gasteiger partial charge in [-0.05, 0) is 65.1 Å². The molecule has 0 bridgehead atoms. The van der Waals surface area contributed by atoms with Crippen LogP contribution in [0.1, 0.15) is 11.1 Å². The summed E-state index contributed by atoms with van der Waals surface area (Å²) < 4.78 is 37.0. The Morgan fingerprint density at radius 2 is 1.00 bits per heavy atom. The number of carbonyl (C=O) groups excluding carboxylic acids is 2. The minimum absolute atomic E-state index is 0.220. The molecule has 4 nitrogen and oxygen atoms in total. The van der Waals surface area contributed by atoms with Gasteiger partial charge in [-0.2, -0.15) is 0 Å². The molecule has 0 aliphatic rings. The summed E-state index contributed by atoms with van der Waals surface area (Å²) in [6, 6.07) is 21.5. The fraction of sp³-hybridized carbons (Fsp3) is 0. The van der Waals surface area contributed by atoms with E-state index in [2.05, 4.69) is 0 Å². The smallest absolute Gasteiger partial charge is 0.336 e. The fourth-order valence-electron chi connectivity index (χ4n) is 3.20. The highest BCUT2D eigenvalue weighted by Crippen LogP contribution is 2.34. The summed E-state index contributed by atoms with van der Waals surface area (Å²) in [5.41, 5.74) is 1.28. The standard InChI is InChI=1S/C28H18F2O4/c29-22-13-7-19(8-14-22)11-17-26(31)33-24-5-1-3-21-4-2-6-25(28(21)24)34-27(32)18-12-20-9-15-23(30)16-10-20/h1-18H/b17-11+,18-12+. The molecule has 34 heavy (non-hydrogen) atoms. The van der Waals surface area contributed by atoms with Crippen LogP contribution in [0.25, 0.3) is 22.9 Å². The third-order valence-electron chi connectivity index (χ3n) is 4.81. The predicted octanol–water partition coefficient (Wildman–Crippen LogP) is 6.36. The molecule has 0 unspecified atom stereocenters. The van der Waals surface area contributed by atoms with Crippen LogP contribution in [0.2, 0.25) is 0 Å². The normalized spacial score (nSPS) is 11.2. The van der Waals surface area contributed by atoms with E-state index in [-0.39, 0.29) is 23.1 Å². The number of ether oxygens (including phenoxy) is 2. The lowest BCUT2D eigenvalue weighted by Crippen LogP contribution is -2.07. The number of hydrogen-bond donors (Lipinski definition) is 0. The number of rotatable bonds is 6. The van der Waals surface area contributed by atoms with Crippen molar-refractivity contribution in [1.29, 1.82) is 0 Å². The van der Waals surface area contributed by atoms with Crippen molar-refractivity contribution >= 4 is 34.9 Å². The highest BCUT2D eigenvalue weighted by atomic mass is 19.1. The quantitative estimate of drug-likeness (QED) is 0.193. The summed E-state index contributed by atoms with van der Waals surface area (Å²) in [7, 11) is 0. The molecule has 4 rings (SSSR count). The van der Waals surface area contributed by atoms with Crippen LogP contribution in [-0.2, 0) is 9.59 Å². The molecule has 6 heteroatoms. The molecule has 0 aliphatic heterocycles. The molecule has 0 amide bonds.